The van der Waals surface area contributed by atoms with Crippen molar-refractivity contribution in [2.45, 2.75) is 43.4 Å². The second-order valence-electron chi connectivity index (χ2n) is 8.60. The number of fused-ring (bicyclic) bond motifs is 1. The molecule has 8 heteroatoms. The van der Waals surface area contributed by atoms with Crippen molar-refractivity contribution >= 4 is 5.91 Å². The van der Waals surface area contributed by atoms with Crippen molar-refractivity contribution in [2.75, 3.05) is 19.6 Å². The number of hydrogen-bond acceptors (Lipinski definition) is 7. The topological polar surface area (TPSA) is 108 Å². The Hall–Kier alpha value is -2.39. The Morgan fingerprint density at radius 1 is 1.13 bits per heavy atom. The van der Waals surface area contributed by atoms with Crippen molar-refractivity contribution < 1.29 is 4.79 Å². The largest absolute Gasteiger partial charge is 0.337 e. The van der Waals surface area contributed by atoms with Gasteiger partial charge in [0.05, 0.1) is 11.7 Å². The minimum absolute atomic E-state index is 0.00445. The van der Waals surface area contributed by atoms with Gasteiger partial charge in [0, 0.05) is 56.1 Å². The molecule has 1 amide bonds. The van der Waals surface area contributed by atoms with Crippen molar-refractivity contribution in [1.29, 1.82) is 0 Å². The Morgan fingerprint density at radius 2 is 2.00 bits per heavy atom. The number of carbonyl (C=O) groups excluding carboxylic acids is 1. The van der Waals surface area contributed by atoms with Crippen LogP contribution in [0.25, 0.3) is 0 Å². The molecule has 5 heterocycles. The van der Waals surface area contributed by atoms with E-state index in [2.05, 4.69) is 27.2 Å². The molecule has 0 spiro atoms. The Balaban J connectivity index is 1.33. The Morgan fingerprint density at radius 3 is 2.80 bits per heavy atom. The zero-order valence-corrected chi connectivity index (χ0v) is 17.0. The highest BCUT2D eigenvalue weighted by Crippen LogP contribution is 2.37. The maximum Gasteiger partial charge on any atom is 0.272 e. The lowest BCUT2D eigenvalue weighted by atomic mass is 9.81. The molecular weight excluding hydrogens is 378 g/mol. The van der Waals surface area contributed by atoms with Gasteiger partial charge in [0.25, 0.3) is 5.91 Å². The molecule has 3 aliphatic rings. The van der Waals surface area contributed by atoms with Crippen LogP contribution in [-0.2, 0) is 0 Å². The number of hydrazine groups is 1. The van der Waals surface area contributed by atoms with Gasteiger partial charge in [-0.2, -0.15) is 0 Å². The third-order valence-corrected chi connectivity index (χ3v) is 6.68. The molecule has 3 saturated heterocycles. The summed E-state index contributed by atoms with van der Waals surface area (Å²) in [6.07, 6.45) is 6.42. The molecule has 2 aromatic heterocycles. The summed E-state index contributed by atoms with van der Waals surface area (Å²) in [7, 11) is 0. The van der Waals surface area contributed by atoms with E-state index in [-0.39, 0.29) is 24.0 Å². The molecular formula is C22H29N7O. The Labute approximate surface area is 176 Å². The maximum atomic E-state index is 13.0. The van der Waals surface area contributed by atoms with Gasteiger partial charge in [0.2, 0.25) is 0 Å². The number of hydrogen-bond donors (Lipinski definition) is 4. The summed E-state index contributed by atoms with van der Waals surface area (Å²) in [5.41, 5.74) is 15.5. The van der Waals surface area contributed by atoms with Gasteiger partial charge in [-0.25, -0.2) is 10.4 Å². The van der Waals surface area contributed by atoms with E-state index in [0.29, 0.717) is 30.7 Å². The van der Waals surface area contributed by atoms with Gasteiger partial charge in [-0.1, -0.05) is 12.1 Å². The SMILES string of the molecule is NC1CCN(C(=O)c2cccc(C3NNC4CNC(c5cccnc5)CC43)n2)CC1. The first kappa shape index (κ1) is 19.6. The standard InChI is InChI=1S/C22H29N7O/c23-15-6-9-29(10-7-15)22(30)18-5-1-4-17(26-18)21-16-11-19(14-3-2-8-24-12-14)25-13-20(16)27-28-21/h1-5,8,12,15-16,19-21,25,27-28H,6-7,9-11,13,23H2. The summed E-state index contributed by atoms with van der Waals surface area (Å²) < 4.78 is 0. The summed E-state index contributed by atoms with van der Waals surface area (Å²) >= 11 is 0. The molecule has 0 radical (unpaired) electrons. The molecule has 3 aliphatic heterocycles. The third-order valence-electron chi connectivity index (χ3n) is 6.68. The van der Waals surface area contributed by atoms with E-state index in [9.17, 15) is 4.79 Å². The van der Waals surface area contributed by atoms with Gasteiger partial charge < -0.3 is 16.0 Å². The zero-order chi connectivity index (χ0) is 20.5. The highest BCUT2D eigenvalue weighted by atomic mass is 16.2. The fourth-order valence-electron chi connectivity index (χ4n) is 4.91. The number of pyridine rings is 2. The van der Waals surface area contributed by atoms with Gasteiger partial charge in [-0.3, -0.25) is 15.2 Å². The monoisotopic (exact) mass is 407 g/mol. The van der Waals surface area contributed by atoms with E-state index < -0.39 is 0 Å². The molecule has 30 heavy (non-hydrogen) atoms. The molecule has 4 atom stereocenters. The summed E-state index contributed by atoms with van der Waals surface area (Å²) in [5.74, 6) is 0.382. The number of piperidine rings is 2. The van der Waals surface area contributed by atoms with E-state index in [1.54, 1.807) is 6.20 Å². The molecule has 5 rings (SSSR count). The smallest absolute Gasteiger partial charge is 0.272 e. The van der Waals surface area contributed by atoms with Crippen LogP contribution in [0.3, 0.4) is 0 Å². The zero-order valence-electron chi connectivity index (χ0n) is 17.0. The normalized spacial score (nSPS) is 29.6. The highest BCUT2D eigenvalue weighted by Gasteiger charge is 2.42. The number of carbonyl (C=O) groups is 1. The van der Waals surface area contributed by atoms with Crippen molar-refractivity contribution in [3.63, 3.8) is 0 Å². The summed E-state index contributed by atoms with van der Waals surface area (Å²) in [4.78, 5) is 23.9. The van der Waals surface area contributed by atoms with Crippen LogP contribution in [0.1, 0.15) is 53.1 Å². The number of likely N-dealkylation sites (tertiary alicyclic amines) is 1. The predicted molar refractivity (Wildman–Crippen MR) is 113 cm³/mol. The second kappa shape index (κ2) is 8.39. The van der Waals surface area contributed by atoms with Crippen molar-refractivity contribution in [3.05, 3.63) is 59.7 Å². The lowest BCUT2D eigenvalue weighted by molar-refractivity contribution is 0.0708. The van der Waals surface area contributed by atoms with Crippen molar-refractivity contribution in [3.8, 4) is 0 Å². The number of amides is 1. The fourth-order valence-corrected chi connectivity index (χ4v) is 4.91. The summed E-state index contributed by atoms with van der Waals surface area (Å²) in [6.45, 7) is 2.29. The van der Waals surface area contributed by atoms with Crippen LogP contribution in [0.4, 0.5) is 0 Å². The minimum atomic E-state index is 0.00445. The van der Waals surface area contributed by atoms with Gasteiger partial charge in [0.15, 0.2) is 0 Å². The average molecular weight is 408 g/mol. The van der Waals surface area contributed by atoms with E-state index in [1.165, 1.54) is 5.56 Å². The highest BCUT2D eigenvalue weighted by molar-refractivity contribution is 5.92. The summed E-state index contributed by atoms with van der Waals surface area (Å²) in [5, 5.41) is 3.62. The van der Waals surface area contributed by atoms with Crippen LogP contribution in [0.2, 0.25) is 0 Å². The molecule has 0 aliphatic carbocycles. The maximum absolute atomic E-state index is 13.0. The average Bonchev–Trinajstić information content (AvgIpc) is 3.23. The Bertz CT molecular complexity index is 884. The lowest BCUT2D eigenvalue weighted by Crippen LogP contribution is -2.46. The van der Waals surface area contributed by atoms with Crippen LogP contribution in [0.15, 0.2) is 42.7 Å². The molecule has 2 aromatic rings. The minimum Gasteiger partial charge on any atom is -0.337 e. The van der Waals surface area contributed by atoms with E-state index in [1.807, 2.05) is 35.4 Å². The van der Waals surface area contributed by atoms with Crippen LogP contribution in [0.5, 0.6) is 0 Å². The second-order valence-corrected chi connectivity index (χ2v) is 8.60. The molecule has 3 fully saturated rings. The quantitative estimate of drug-likeness (QED) is 0.599. The predicted octanol–water partition coefficient (Wildman–Crippen LogP) is 0.908. The molecule has 5 N–H and O–H groups in total. The lowest BCUT2D eigenvalue weighted by Gasteiger charge is -2.34. The first-order chi connectivity index (χ1) is 14.7. The number of nitrogens with one attached hydrogen (secondary N) is 3. The molecule has 0 saturated carbocycles. The van der Waals surface area contributed by atoms with Crippen LogP contribution < -0.4 is 21.9 Å². The van der Waals surface area contributed by atoms with Gasteiger partial charge >= 0.3 is 0 Å². The molecule has 4 unspecified atom stereocenters. The molecule has 8 nitrogen and oxygen atoms in total. The van der Waals surface area contributed by atoms with Gasteiger partial charge in [0.1, 0.15) is 5.69 Å². The number of rotatable bonds is 3. The number of aromatic nitrogens is 2. The van der Waals surface area contributed by atoms with Gasteiger partial charge in [-0.05, 0) is 43.0 Å². The van der Waals surface area contributed by atoms with Crippen LogP contribution in [0, 0.1) is 5.92 Å². The third kappa shape index (κ3) is 3.83. The molecule has 0 bridgehead atoms. The van der Waals surface area contributed by atoms with Crippen LogP contribution >= 0.6 is 0 Å². The molecule has 158 valence electrons. The number of nitrogens with zero attached hydrogens (tertiary/aromatic N) is 3. The first-order valence-electron chi connectivity index (χ1n) is 10.9. The molecule has 0 aromatic carbocycles. The number of nitrogens with two attached hydrogens (primary N) is 1. The van der Waals surface area contributed by atoms with Crippen LogP contribution in [-0.4, -0.2) is 52.5 Å². The summed E-state index contributed by atoms with van der Waals surface area (Å²) in [6, 6.07) is 10.8. The van der Waals surface area contributed by atoms with Gasteiger partial charge in [-0.15, -0.1) is 0 Å². The van der Waals surface area contributed by atoms with Crippen molar-refractivity contribution in [2.24, 2.45) is 11.7 Å². The first-order valence-corrected chi connectivity index (χ1v) is 10.9. The van der Waals surface area contributed by atoms with E-state index in [0.717, 1.165) is 31.5 Å². The van der Waals surface area contributed by atoms with Crippen molar-refractivity contribution in [1.82, 2.24) is 31.0 Å². The van der Waals surface area contributed by atoms with E-state index in [4.69, 9.17) is 10.7 Å². The Kier molecular flexibility index (Phi) is 5.47. The van der Waals surface area contributed by atoms with E-state index >= 15 is 0 Å². The fraction of sp³-hybridized carbons (Fsp3) is 0.500.